The third-order valence-electron chi connectivity index (χ3n) is 6.36. The zero-order chi connectivity index (χ0) is 34.5. The van der Waals surface area contributed by atoms with Crippen molar-refractivity contribution >= 4 is 5.69 Å². The molecule has 0 spiro atoms. The molecular formula is C32H36F3N3O3. The molecular weight excluding hydrogens is 531 g/mol. The Hall–Kier alpha value is -3.74. The van der Waals surface area contributed by atoms with Crippen molar-refractivity contribution in [3.8, 4) is 17.6 Å². The Balaban J connectivity index is 1.37. The van der Waals surface area contributed by atoms with Crippen LogP contribution in [0.3, 0.4) is 0 Å². The molecule has 218 valence electrons. The molecule has 0 unspecified atom stereocenters. The fourth-order valence-corrected chi connectivity index (χ4v) is 4.61. The van der Waals surface area contributed by atoms with Gasteiger partial charge in [0.15, 0.2) is 18.1 Å². The Morgan fingerprint density at radius 1 is 1.05 bits per heavy atom. The van der Waals surface area contributed by atoms with Gasteiger partial charge in [0.1, 0.15) is 12.6 Å². The molecule has 0 amide bonds. The standard InChI is InChI=1S/C32H36F3N3O3/c1-24(37-13-17-40-29-10-5-6-11-30(29)41-23-32(33,34)35)18-26-19-27-12-15-38(31(27)28(20-26)21-36)14-7-16-39-22-25-8-3-2-4-9-25/h2-6,8-11,19-20,24,37H,7,12-18,22-23H2,1H3/t24-/m1/s1/i13D2,17D2,23D2. The Morgan fingerprint density at radius 2 is 1.78 bits per heavy atom. The molecule has 3 aromatic rings. The van der Waals surface area contributed by atoms with E-state index in [1.165, 1.54) is 12.1 Å². The van der Waals surface area contributed by atoms with Crippen molar-refractivity contribution in [2.75, 3.05) is 44.2 Å². The fourth-order valence-electron chi connectivity index (χ4n) is 4.61. The van der Waals surface area contributed by atoms with E-state index in [0.717, 1.165) is 60.4 Å². The number of nitrogens with zero attached hydrogens (tertiary/aromatic N) is 2. The molecule has 0 saturated heterocycles. The molecule has 1 aliphatic heterocycles. The molecule has 0 aliphatic carbocycles. The number of ether oxygens (including phenoxy) is 3. The van der Waals surface area contributed by atoms with E-state index in [4.69, 9.17) is 17.7 Å². The first kappa shape index (κ1) is 22.9. The first-order valence-corrected chi connectivity index (χ1v) is 13.3. The van der Waals surface area contributed by atoms with E-state index in [1.807, 2.05) is 36.4 Å². The molecule has 0 aromatic heterocycles. The predicted molar refractivity (Wildman–Crippen MR) is 152 cm³/mol. The summed E-state index contributed by atoms with van der Waals surface area (Å²) in [5.74, 6) is -1.37. The van der Waals surface area contributed by atoms with Crippen LogP contribution in [0.2, 0.25) is 0 Å². The lowest BCUT2D eigenvalue weighted by molar-refractivity contribution is -0.153. The average molecular weight is 574 g/mol. The minimum atomic E-state index is -5.39. The number of halogens is 3. The van der Waals surface area contributed by atoms with E-state index in [1.54, 1.807) is 13.0 Å². The molecule has 1 atom stereocenters. The van der Waals surface area contributed by atoms with Crippen LogP contribution in [0.5, 0.6) is 11.5 Å². The van der Waals surface area contributed by atoms with Crippen LogP contribution in [0.4, 0.5) is 18.9 Å². The van der Waals surface area contributed by atoms with Crippen molar-refractivity contribution in [1.82, 2.24) is 5.32 Å². The van der Waals surface area contributed by atoms with Crippen molar-refractivity contribution < 1.29 is 35.6 Å². The molecule has 1 heterocycles. The van der Waals surface area contributed by atoms with Crippen LogP contribution in [-0.2, 0) is 24.2 Å². The quantitative estimate of drug-likeness (QED) is 0.223. The average Bonchev–Trinajstić information content (AvgIpc) is 3.39. The summed E-state index contributed by atoms with van der Waals surface area (Å²) in [5, 5.41) is 12.5. The van der Waals surface area contributed by atoms with Gasteiger partial charge in [0, 0.05) is 35.0 Å². The maximum absolute atomic E-state index is 13.1. The van der Waals surface area contributed by atoms with Crippen LogP contribution in [0, 0.1) is 11.3 Å². The highest BCUT2D eigenvalue weighted by molar-refractivity contribution is 5.68. The normalized spacial score (nSPS) is 16.7. The molecule has 9 heteroatoms. The predicted octanol–water partition coefficient (Wildman–Crippen LogP) is 6.07. The zero-order valence-electron chi connectivity index (χ0n) is 28.6. The number of anilines is 1. The molecule has 41 heavy (non-hydrogen) atoms. The topological polar surface area (TPSA) is 66.8 Å². The maximum Gasteiger partial charge on any atom is 0.422 e. The van der Waals surface area contributed by atoms with Gasteiger partial charge in [0.05, 0.1) is 23.3 Å². The van der Waals surface area contributed by atoms with E-state index >= 15 is 0 Å². The summed E-state index contributed by atoms with van der Waals surface area (Å²) in [4.78, 5) is 2.16. The second-order valence-electron chi connectivity index (χ2n) is 9.62. The fraction of sp³-hybridized carbons (Fsp3) is 0.406. The largest absolute Gasteiger partial charge is 0.488 e. The van der Waals surface area contributed by atoms with Crippen LogP contribution >= 0.6 is 0 Å². The lowest BCUT2D eigenvalue weighted by Crippen LogP contribution is -2.32. The van der Waals surface area contributed by atoms with Gasteiger partial charge >= 0.3 is 6.18 Å². The molecule has 0 fully saturated rings. The number of nitrogens with one attached hydrogen (secondary N) is 1. The highest BCUT2D eigenvalue weighted by atomic mass is 19.4. The van der Waals surface area contributed by atoms with E-state index in [2.05, 4.69) is 21.0 Å². The van der Waals surface area contributed by atoms with Gasteiger partial charge in [-0.1, -0.05) is 48.5 Å². The minimum absolute atomic E-state index is 0.233. The van der Waals surface area contributed by atoms with Crippen LogP contribution in [-0.4, -0.2) is 51.5 Å². The smallest absolute Gasteiger partial charge is 0.422 e. The molecule has 0 bridgehead atoms. The van der Waals surface area contributed by atoms with Crippen molar-refractivity contribution in [2.45, 2.75) is 45.0 Å². The number of hydrogen-bond donors (Lipinski definition) is 1. The van der Waals surface area contributed by atoms with Gasteiger partial charge < -0.3 is 24.4 Å². The number of rotatable bonds is 15. The van der Waals surface area contributed by atoms with Gasteiger partial charge in [-0.15, -0.1) is 0 Å². The van der Waals surface area contributed by atoms with Crippen molar-refractivity contribution in [1.29, 1.82) is 5.26 Å². The third kappa shape index (κ3) is 9.41. The highest BCUT2D eigenvalue weighted by Gasteiger charge is 2.29. The molecule has 1 aliphatic rings. The summed E-state index contributed by atoms with van der Waals surface area (Å²) in [6.07, 6.45) is -3.64. The highest BCUT2D eigenvalue weighted by Crippen LogP contribution is 2.33. The summed E-state index contributed by atoms with van der Waals surface area (Å²) in [6.45, 7) is -5.90. The van der Waals surface area contributed by atoms with E-state index in [-0.39, 0.29) is 6.42 Å². The molecule has 6 nitrogen and oxygen atoms in total. The van der Waals surface area contributed by atoms with Gasteiger partial charge in [-0.2, -0.15) is 18.4 Å². The Morgan fingerprint density at radius 3 is 2.51 bits per heavy atom. The van der Waals surface area contributed by atoms with Crippen LogP contribution in [0.1, 0.15) is 43.8 Å². The van der Waals surface area contributed by atoms with E-state index in [0.29, 0.717) is 18.8 Å². The van der Waals surface area contributed by atoms with Gasteiger partial charge in [-0.05, 0) is 61.1 Å². The number of para-hydroxylation sites is 2. The molecule has 0 radical (unpaired) electrons. The monoisotopic (exact) mass is 573 g/mol. The molecule has 4 rings (SSSR count). The first-order chi connectivity index (χ1) is 22.0. The molecule has 3 aromatic carbocycles. The minimum Gasteiger partial charge on any atom is -0.488 e. The van der Waals surface area contributed by atoms with Gasteiger partial charge in [0.2, 0.25) is 0 Å². The zero-order valence-corrected chi connectivity index (χ0v) is 22.6. The van der Waals surface area contributed by atoms with E-state index in [9.17, 15) is 18.4 Å². The van der Waals surface area contributed by atoms with Crippen molar-refractivity contribution in [2.24, 2.45) is 0 Å². The van der Waals surface area contributed by atoms with Crippen molar-refractivity contribution in [3.05, 3.63) is 89.0 Å². The number of benzene rings is 3. The van der Waals surface area contributed by atoms with E-state index < -0.39 is 43.3 Å². The second-order valence-corrected chi connectivity index (χ2v) is 9.62. The third-order valence-corrected chi connectivity index (χ3v) is 6.36. The number of fused-ring (bicyclic) bond motifs is 1. The second kappa shape index (κ2) is 14.8. The summed E-state index contributed by atoms with van der Waals surface area (Å²) >= 11 is 0. The Kier molecular flexibility index (Phi) is 8.24. The van der Waals surface area contributed by atoms with Crippen LogP contribution < -0.4 is 19.7 Å². The Bertz CT molecular complexity index is 1550. The molecule has 1 N–H and O–H groups in total. The number of nitriles is 1. The Labute approximate surface area is 248 Å². The lowest BCUT2D eigenvalue weighted by atomic mass is 9.99. The van der Waals surface area contributed by atoms with Crippen molar-refractivity contribution in [3.63, 3.8) is 0 Å². The molecule has 0 saturated carbocycles. The summed E-state index contributed by atoms with van der Waals surface area (Å²) < 4.78 is 102. The summed E-state index contributed by atoms with van der Waals surface area (Å²) in [6, 6.07) is 19.7. The van der Waals surface area contributed by atoms with Gasteiger partial charge in [-0.3, -0.25) is 0 Å². The van der Waals surface area contributed by atoms with Crippen LogP contribution in [0.25, 0.3) is 0 Å². The lowest BCUT2D eigenvalue weighted by Gasteiger charge is -2.21. The first-order valence-electron chi connectivity index (χ1n) is 16.3. The summed E-state index contributed by atoms with van der Waals surface area (Å²) in [5.41, 5.74) is 4.21. The summed E-state index contributed by atoms with van der Waals surface area (Å²) in [7, 11) is 0. The van der Waals surface area contributed by atoms with Crippen LogP contribution in [0.15, 0.2) is 66.7 Å². The van der Waals surface area contributed by atoms with Gasteiger partial charge in [0.25, 0.3) is 0 Å². The number of hydrogen-bond acceptors (Lipinski definition) is 6. The van der Waals surface area contributed by atoms with Gasteiger partial charge in [-0.25, -0.2) is 0 Å². The number of alkyl halides is 3. The SMILES string of the molecule is [2H]C([2H])(N[C@H](C)Cc1cc(C#N)c2c(c1)CCN2CCCOCc1ccccc1)C([2H])([2H])Oc1ccccc1OC([2H])([2H])C(F)(F)F. The maximum atomic E-state index is 13.1.